The topological polar surface area (TPSA) is 67.2 Å². The van der Waals surface area contributed by atoms with Gasteiger partial charge in [0.15, 0.2) is 5.82 Å². The van der Waals surface area contributed by atoms with Crippen LogP contribution in [0.2, 0.25) is 0 Å². The molecule has 0 radical (unpaired) electrons. The van der Waals surface area contributed by atoms with E-state index in [0.717, 1.165) is 5.56 Å². The third kappa shape index (κ3) is 2.77. The lowest BCUT2D eigenvalue weighted by atomic mass is 10.2. The highest BCUT2D eigenvalue weighted by Crippen LogP contribution is 2.15. The van der Waals surface area contributed by atoms with Gasteiger partial charge in [0.2, 0.25) is 0 Å². The normalized spacial score (nSPS) is 12.3. The molecule has 5 nitrogen and oxygen atoms in total. The molecular weight excluding hydrogens is 250 g/mol. The summed E-state index contributed by atoms with van der Waals surface area (Å²) < 4.78 is 1.56. The van der Waals surface area contributed by atoms with Crippen molar-refractivity contribution in [1.82, 2.24) is 9.55 Å². The van der Waals surface area contributed by atoms with Gasteiger partial charge in [-0.1, -0.05) is 0 Å². The highest BCUT2D eigenvalue weighted by molar-refractivity contribution is 7.07. The van der Waals surface area contributed by atoms with Crippen molar-refractivity contribution >= 4 is 17.2 Å². The Bertz CT molecular complexity index is 551. The lowest BCUT2D eigenvalue weighted by Gasteiger charge is -2.11. The zero-order chi connectivity index (χ0) is 13.0. The largest absolute Gasteiger partial charge is 0.387 e. The number of nitrogens with one attached hydrogen (secondary N) is 1. The Morgan fingerprint density at radius 1 is 1.61 bits per heavy atom. The minimum absolute atomic E-state index is 0.169. The Balaban J connectivity index is 2.05. The Labute approximate surface area is 109 Å². The first kappa shape index (κ1) is 12.8. The fourth-order valence-electron chi connectivity index (χ4n) is 1.59. The van der Waals surface area contributed by atoms with Crippen LogP contribution < -0.4 is 10.9 Å². The van der Waals surface area contributed by atoms with E-state index in [4.69, 9.17) is 0 Å². The van der Waals surface area contributed by atoms with E-state index >= 15 is 0 Å². The maximum atomic E-state index is 11.9. The molecule has 2 N–H and O–H groups in total. The van der Waals surface area contributed by atoms with Gasteiger partial charge in [-0.05, 0) is 29.3 Å². The lowest BCUT2D eigenvalue weighted by molar-refractivity contribution is 0.192. The molecule has 0 fully saturated rings. The monoisotopic (exact) mass is 265 g/mol. The number of aromatic nitrogens is 2. The van der Waals surface area contributed by atoms with E-state index in [-0.39, 0.29) is 17.9 Å². The van der Waals surface area contributed by atoms with Crippen LogP contribution in [0.25, 0.3) is 0 Å². The van der Waals surface area contributed by atoms with Crippen LogP contribution in [-0.2, 0) is 6.54 Å². The predicted octanol–water partition coefficient (Wildman–Crippen LogP) is 1.47. The number of nitrogens with zero attached hydrogens (tertiary/aromatic N) is 2. The van der Waals surface area contributed by atoms with E-state index in [1.54, 1.807) is 17.0 Å². The fourth-order valence-corrected chi connectivity index (χ4v) is 2.30. The summed E-state index contributed by atoms with van der Waals surface area (Å²) in [5, 5.41) is 16.6. The molecule has 0 spiro atoms. The summed E-state index contributed by atoms with van der Waals surface area (Å²) in [6, 6.07) is 1.86. The highest BCUT2D eigenvalue weighted by Gasteiger charge is 2.09. The molecule has 1 unspecified atom stereocenters. The molecule has 0 aliphatic carbocycles. The van der Waals surface area contributed by atoms with Crippen molar-refractivity contribution in [2.75, 3.05) is 11.9 Å². The van der Waals surface area contributed by atoms with Crippen molar-refractivity contribution in [1.29, 1.82) is 0 Å². The smallest absolute Gasteiger partial charge is 0.293 e. The van der Waals surface area contributed by atoms with Crippen LogP contribution in [-0.4, -0.2) is 21.2 Å². The summed E-state index contributed by atoms with van der Waals surface area (Å²) in [4.78, 5) is 15.8. The fraction of sp³-hybridized carbons (Fsp3) is 0.333. The van der Waals surface area contributed by atoms with Crippen molar-refractivity contribution < 1.29 is 5.11 Å². The second kappa shape index (κ2) is 5.79. The number of rotatable bonds is 5. The van der Waals surface area contributed by atoms with Crippen LogP contribution >= 0.6 is 11.3 Å². The summed E-state index contributed by atoms with van der Waals surface area (Å²) in [5.74, 6) is 0.272. The first-order valence-electron chi connectivity index (χ1n) is 5.72. The maximum absolute atomic E-state index is 11.9. The Morgan fingerprint density at radius 3 is 3.11 bits per heavy atom. The van der Waals surface area contributed by atoms with Crippen molar-refractivity contribution in [2.24, 2.45) is 0 Å². The summed E-state index contributed by atoms with van der Waals surface area (Å²) in [6.45, 7) is 2.77. The van der Waals surface area contributed by atoms with Crippen LogP contribution in [0.5, 0.6) is 0 Å². The molecule has 6 heteroatoms. The Kier molecular flexibility index (Phi) is 4.11. The average Bonchev–Trinajstić information content (AvgIpc) is 2.91. The molecule has 0 amide bonds. The Hall–Kier alpha value is -1.66. The van der Waals surface area contributed by atoms with Crippen LogP contribution in [0.1, 0.15) is 18.6 Å². The number of aliphatic hydroxyl groups is 1. The van der Waals surface area contributed by atoms with E-state index in [1.165, 1.54) is 11.3 Å². The number of hydrogen-bond acceptors (Lipinski definition) is 5. The number of anilines is 1. The third-order valence-corrected chi connectivity index (χ3v) is 3.35. The van der Waals surface area contributed by atoms with Gasteiger partial charge in [0.25, 0.3) is 5.56 Å². The standard InChI is InChI=1S/C12H15N3O2S/c1-2-15-5-4-13-11(12(15)17)14-7-10(16)9-3-6-18-8-9/h3-6,8,10,16H,2,7H2,1H3,(H,13,14). The van der Waals surface area contributed by atoms with E-state index in [1.807, 2.05) is 23.8 Å². The zero-order valence-corrected chi connectivity index (χ0v) is 10.9. The van der Waals surface area contributed by atoms with Gasteiger partial charge < -0.3 is 15.0 Å². The first-order valence-corrected chi connectivity index (χ1v) is 6.66. The molecule has 0 saturated heterocycles. The van der Waals surface area contributed by atoms with Gasteiger partial charge in [0, 0.05) is 25.5 Å². The van der Waals surface area contributed by atoms with E-state index in [0.29, 0.717) is 6.54 Å². The van der Waals surface area contributed by atoms with Crippen molar-refractivity contribution in [3.8, 4) is 0 Å². The van der Waals surface area contributed by atoms with Crippen LogP contribution in [0.3, 0.4) is 0 Å². The molecule has 0 bridgehead atoms. The van der Waals surface area contributed by atoms with Gasteiger partial charge in [-0.2, -0.15) is 11.3 Å². The molecule has 2 aromatic heterocycles. The molecule has 2 heterocycles. The van der Waals surface area contributed by atoms with E-state index < -0.39 is 6.10 Å². The van der Waals surface area contributed by atoms with Crippen LogP contribution in [0.4, 0.5) is 5.82 Å². The predicted molar refractivity (Wildman–Crippen MR) is 71.9 cm³/mol. The third-order valence-electron chi connectivity index (χ3n) is 2.65. The Morgan fingerprint density at radius 2 is 2.44 bits per heavy atom. The van der Waals surface area contributed by atoms with E-state index in [2.05, 4.69) is 10.3 Å². The molecule has 0 aliphatic rings. The summed E-state index contributed by atoms with van der Waals surface area (Å²) >= 11 is 1.53. The lowest BCUT2D eigenvalue weighted by Crippen LogP contribution is -2.25. The van der Waals surface area contributed by atoms with Crippen LogP contribution in [0, 0.1) is 0 Å². The van der Waals surface area contributed by atoms with Gasteiger partial charge in [0.1, 0.15) is 0 Å². The molecular formula is C12H15N3O2S. The molecule has 18 heavy (non-hydrogen) atoms. The molecule has 0 saturated carbocycles. The van der Waals surface area contributed by atoms with E-state index in [9.17, 15) is 9.90 Å². The van der Waals surface area contributed by atoms with Crippen molar-refractivity contribution in [3.63, 3.8) is 0 Å². The van der Waals surface area contributed by atoms with Crippen molar-refractivity contribution in [2.45, 2.75) is 19.6 Å². The molecule has 1 atom stereocenters. The molecule has 0 aromatic carbocycles. The number of thiophene rings is 1. The van der Waals surface area contributed by atoms with Gasteiger partial charge in [-0.15, -0.1) is 0 Å². The second-order valence-corrected chi connectivity index (χ2v) is 4.60. The summed E-state index contributed by atoms with van der Waals surface area (Å²) in [6.07, 6.45) is 2.58. The van der Waals surface area contributed by atoms with Gasteiger partial charge >= 0.3 is 0 Å². The minimum Gasteiger partial charge on any atom is -0.387 e. The SMILES string of the molecule is CCn1ccnc(NCC(O)c2ccsc2)c1=O. The highest BCUT2D eigenvalue weighted by atomic mass is 32.1. The molecule has 2 aromatic rings. The van der Waals surface area contributed by atoms with Gasteiger partial charge in [-0.25, -0.2) is 4.98 Å². The summed E-state index contributed by atoms with van der Waals surface area (Å²) in [7, 11) is 0. The van der Waals surface area contributed by atoms with Crippen LogP contribution in [0.15, 0.2) is 34.0 Å². The number of aryl methyl sites for hydroxylation is 1. The molecule has 96 valence electrons. The maximum Gasteiger partial charge on any atom is 0.293 e. The van der Waals surface area contributed by atoms with Crippen molar-refractivity contribution in [3.05, 3.63) is 45.1 Å². The van der Waals surface area contributed by atoms with Gasteiger partial charge in [-0.3, -0.25) is 4.79 Å². The minimum atomic E-state index is -0.632. The number of hydrogen-bond donors (Lipinski definition) is 2. The molecule has 2 rings (SSSR count). The molecule has 0 aliphatic heterocycles. The number of aliphatic hydroxyl groups excluding tert-OH is 1. The zero-order valence-electron chi connectivity index (χ0n) is 10.0. The second-order valence-electron chi connectivity index (χ2n) is 3.82. The quantitative estimate of drug-likeness (QED) is 0.859. The van der Waals surface area contributed by atoms with Gasteiger partial charge in [0.05, 0.1) is 6.10 Å². The summed E-state index contributed by atoms with van der Waals surface area (Å²) in [5.41, 5.74) is 0.678. The average molecular weight is 265 g/mol. The first-order chi connectivity index (χ1) is 8.72.